The van der Waals surface area contributed by atoms with E-state index in [2.05, 4.69) is 4.72 Å². The molecule has 7 nitrogen and oxygen atoms in total. The van der Waals surface area contributed by atoms with E-state index in [1.165, 1.54) is 17.0 Å². The van der Waals surface area contributed by atoms with Crippen LogP contribution in [0.4, 0.5) is 0 Å². The second-order valence-electron chi connectivity index (χ2n) is 5.83. The van der Waals surface area contributed by atoms with Gasteiger partial charge in [0.1, 0.15) is 6.04 Å². The molecule has 0 aromatic heterocycles. The minimum absolute atomic E-state index is 0.00202. The Morgan fingerprint density at radius 3 is 2.67 bits per heavy atom. The zero-order valence-corrected chi connectivity index (χ0v) is 14.6. The van der Waals surface area contributed by atoms with E-state index < -0.39 is 27.9 Å². The number of benzene rings is 1. The summed E-state index contributed by atoms with van der Waals surface area (Å²) >= 11 is 0. The van der Waals surface area contributed by atoms with Crippen LogP contribution in [0.5, 0.6) is 0 Å². The molecule has 1 amide bonds. The van der Waals surface area contributed by atoms with Crippen LogP contribution in [-0.2, 0) is 14.8 Å². The molecule has 1 saturated heterocycles. The number of carboxylic acid groups (broad SMARTS) is 1. The number of hydrogen-bond acceptors (Lipinski definition) is 4. The Kier molecular flexibility index (Phi) is 5.61. The van der Waals surface area contributed by atoms with Crippen molar-refractivity contribution in [2.24, 2.45) is 0 Å². The van der Waals surface area contributed by atoms with Crippen molar-refractivity contribution in [2.75, 3.05) is 13.1 Å². The Morgan fingerprint density at radius 1 is 1.33 bits per heavy atom. The summed E-state index contributed by atoms with van der Waals surface area (Å²) in [5.74, 6) is -1.47. The molecule has 2 rings (SSSR count). The van der Waals surface area contributed by atoms with Crippen LogP contribution in [0.1, 0.15) is 42.1 Å². The number of aryl methyl sites for hydroxylation is 1. The zero-order valence-electron chi connectivity index (χ0n) is 13.8. The van der Waals surface area contributed by atoms with Crippen LogP contribution in [0.2, 0.25) is 0 Å². The Bertz CT molecular complexity index is 745. The SMILES string of the molecule is CCNS(=O)(=O)c1ccc(C)c(C(=O)N2CCCC[C@@H]2C(=O)O)c1. The van der Waals surface area contributed by atoms with Crippen LogP contribution in [0.15, 0.2) is 23.1 Å². The quantitative estimate of drug-likeness (QED) is 0.831. The number of carbonyl (C=O) groups is 2. The molecule has 8 heteroatoms. The van der Waals surface area contributed by atoms with Crippen molar-refractivity contribution >= 4 is 21.9 Å². The fourth-order valence-corrected chi connectivity index (χ4v) is 3.93. The van der Waals surface area contributed by atoms with Gasteiger partial charge in [0.2, 0.25) is 10.0 Å². The second kappa shape index (κ2) is 7.31. The fraction of sp³-hybridized carbons (Fsp3) is 0.500. The number of amides is 1. The molecule has 1 aliphatic heterocycles. The normalized spacial score (nSPS) is 18.4. The molecule has 1 aliphatic rings. The molecule has 0 aliphatic carbocycles. The molecular formula is C16H22N2O5S. The number of likely N-dealkylation sites (tertiary alicyclic amines) is 1. The van der Waals surface area contributed by atoms with E-state index in [9.17, 15) is 23.1 Å². The van der Waals surface area contributed by atoms with Crippen LogP contribution >= 0.6 is 0 Å². The summed E-state index contributed by atoms with van der Waals surface area (Å²) < 4.78 is 26.7. The van der Waals surface area contributed by atoms with Gasteiger partial charge in [-0.15, -0.1) is 0 Å². The van der Waals surface area contributed by atoms with Gasteiger partial charge in [0.15, 0.2) is 0 Å². The second-order valence-corrected chi connectivity index (χ2v) is 7.59. The maximum atomic E-state index is 12.8. The van der Waals surface area contributed by atoms with E-state index in [0.29, 0.717) is 18.5 Å². The van der Waals surface area contributed by atoms with Gasteiger partial charge in [-0.3, -0.25) is 4.79 Å². The summed E-state index contributed by atoms with van der Waals surface area (Å²) in [6.07, 6.45) is 1.91. The average Bonchev–Trinajstić information content (AvgIpc) is 2.54. The van der Waals surface area contributed by atoms with E-state index >= 15 is 0 Å². The van der Waals surface area contributed by atoms with Gasteiger partial charge in [-0.25, -0.2) is 17.9 Å². The lowest BCUT2D eigenvalue weighted by Crippen LogP contribution is -2.48. The van der Waals surface area contributed by atoms with Gasteiger partial charge in [0.05, 0.1) is 4.90 Å². The third-order valence-electron chi connectivity index (χ3n) is 4.13. The molecule has 2 N–H and O–H groups in total. The molecular weight excluding hydrogens is 332 g/mol. The Balaban J connectivity index is 2.40. The molecule has 1 atom stereocenters. The summed E-state index contributed by atoms with van der Waals surface area (Å²) in [5.41, 5.74) is 0.840. The van der Waals surface area contributed by atoms with Gasteiger partial charge in [-0.05, 0) is 43.9 Å². The summed E-state index contributed by atoms with van der Waals surface area (Å²) in [6, 6.07) is 3.47. The highest BCUT2D eigenvalue weighted by molar-refractivity contribution is 7.89. The average molecular weight is 354 g/mol. The summed E-state index contributed by atoms with van der Waals surface area (Å²) in [6.45, 7) is 3.98. The lowest BCUT2D eigenvalue weighted by molar-refractivity contribution is -0.143. The maximum Gasteiger partial charge on any atom is 0.326 e. The number of rotatable bonds is 5. The third kappa shape index (κ3) is 3.76. The smallest absolute Gasteiger partial charge is 0.326 e. The number of piperidine rings is 1. The Hall–Kier alpha value is -1.93. The first-order valence-corrected chi connectivity index (χ1v) is 9.40. The highest BCUT2D eigenvalue weighted by Gasteiger charge is 2.33. The van der Waals surface area contributed by atoms with E-state index in [-0.39, 0.29) is 17.0 Å². The number of carbonyl (C=O) groups excluding carboxylic acids is 1. The first-order valence-electron chi connectivity index (χ1n) is 7.92. The summed E-state index contributed by atoms with van der Waals surface area (Å²) in [4.78, 5) is 25.6. The van der Waals surface area contributed by atoms with Crippen molar-refractivity contribution < 1.29 is 23.1 Å². The molecule has 0 radical (unpaired) electrons. The maximum absolute atomic E-state index is 12.8. The monoisotopic (exact) mass is 354 g/mol. The first kappa shape index (κ1) is 18.4. The van der Waals surface area contributed by atoms with Gasteiger partial charge < -0.3 is 10.0 Å². The highest BCUT2D eigenvalue weighted by atomic mass is 32.2. The minimum atomic E-state index is -3.68. The van der Waals surface area contributed by atoms with Gasteiger partial charge in [-0.1, -0.05) is 13.0 Å². The number of nitrogens with one attached hydrogen (secondary N) is 1. The van der Waals surface area contributed by atoms with Crippen molar-refractivity contribution in [3.63, 3.8) is 0 Å². The number of aliphatic carboxylic acids is 1. The molecule has 132 valence electrons. The van der Waals surface area contributed by atoms with Crippen LogP contribution in [-0.4, -0.2) is 49.4 Å². The molecule has 1 aromatic carbocycles. The van der Waals surface area contributed by atoms with E-state index in [0.717, 1.165) is 12.8 Å². The third-order valence-corrected chi connectivity index (χ3v) is 5.68. The molecule has 0 bridgehead atoms. The van der Waals surface area contributed by atoms with Crippen LogP contribution < -0.4 is 4.72 Å². The molecule has 0 unspecified atom stereocenters. The van der Waals surface area contributed by atoms with Gasteiger partial charge in [0, 0.05) is 18.7 Å². The lowest BCUT2D eigenvalue weighted by atomic mass is 9.99. The standard InChI is InChI=1S/C16H22N2O5S/c1-3-17-24(22,23)12-8-7-11(2)13(10-12)15(19)18-9-5-4-6-14(18)16(20)21/h7-8,10,14,17H,3-6,9H2,1-2H3,(H,20,21)/t14-/m1/s1. The number of sulfonamides is 1. The predicted molar refractivity (Wildman–Crippen MR) is 88.4 cm³/mol. The predicted octanol–water partition coefficient (Wildman–Crippen LogP) is 1.37. The molecule has 1 fully saturated rings. The first-order chi connectivity index (χ1) is 11.3. The van der Waals surface area contributed by atoms with Crippen molar-refractivity contribution in [3.8, 4) is 0 Å². The molecule has 0 spiro atoms. The van der Waals surface area contributed by atoms with Gasteiger partial charge >= 0.3 is 5.97 Å². The highest BCUT2D eigenvalue weighted by Crippen LogP contribution is 2.23. The van der Waals surface area contributed by atoms with E-state index in [1.807, 2.05) is 0 Å². The molecule has 1 heterocycles. The minimum Gasteiger partial charge on any atom is -0.480 e. The van der Waals surface area contributed by atoms with Crippen LogP contribution in [0, 0.1) is 6.92 Å². The number of nitrogens with zero attached hydrogens (tertiary/aromatic N) is 1. The number of carboxylic acids is 1. The number of hydrogen-bond donors (Lipinski definition) is 2. The van der Waals surface area contributed by atoms with Crippen molar-refractivity contribution in [3.05, 3.63) is 29.3 Å². The topological polar surface area (TPSA) is 104 Å². The molecule has 1 aromatic rings. The van der Waals surface area contributed by atoms with Crippen molar-refractivity contribution in [2.45, 2.75) is 44.0 Å². The van der Waals surface area contributed by atoms with Gasteiger partial charge in [0.25, 0.3) is 5.91 Å². The van der Waals surface area contributed by atoms with Crippen LogP contribution in [0.25, 0.3) is 0 Å². The van der Waals surface area contributed by atoms with E-state index in [4.69, 9.17) is 0 Å². The summed E-state index contributed by atoms with van der Waals surface area (Å²) in [7, 11) is -3.68. The lowest BCUT2D eigenvalue weighted by Gasteiger charge is -2.33. The fourth-order valence-electron chi connectivity index (χ4n) is 2.86. The Labute approximate surface area is 141 Å². The molecule has 0 saturated carbocycles. The van der Waals surface area contributed by atoms with Crippen molar-refractivity contribution in [1.82, 2.24) is 9.62 Å². The van der Waals surface area contributed by atoms with Crippen molar-refractivity contribution in [1.29, 1.82) is 0 Å². The van der Waals surface area contributed by atoms with Crippen LogP contribution in [0.3, 0.4) is 0 Å². The zero-order chi connectivity index (χ0) is 17.9. The largest absolute Gasteiger partial charge is 0.480 e. The Morgan fingerprint density at radius 2 is 2.04 bits per heavy atom. The van der Waals surface area contributed by atoms with E-state index in [1.54, 1.807) is 19.9 Å². The van der Waals surface area contributed by atoms with Gasteiger partial charge in [-0.2, -0.15) is 0 Å². The summed E-state index contributed by atoms with van der Waals surface area (Å²) in [5, 5.41) is 9.33. The molecule has 24 heavy (non-hydrogen) atoms.